The number of hydrogen-bond acceptors (Lipinski definition) is 4. The lowest BCUT2D eigenvalue weighted by Crippen LogP contribution is -2.36. The van der Waals surface area contributed by atoms with E-state index in [1.807, 2.05) is 12.1 Å². The van der Waals surface area contributed by atoms with Crippen molar-refractivity contribution in [3.05, 3.63) is 53.2 Å². The van der Waals surface area contributed by atoms with Crippen molar-refractivity contribution in [2.45, 2.75) is 52.1 Å². The summed E-state index contributed by atoms with van der Waals surface area (Å²) in [6, 6.07) is 7.14. The van der Waals surface area contributed by atoms with Gasteiger partial charge in [0.1, 0.15) is 12.4 Å². The Morgan fingerprint density at radius 3 is 2.24 bits per heavy atom. The Kier molecular flexibility index (Phi) is 7.66. The maximum atomic E-state index is 12.1. The van der Waals surface area contributed by atoms with Crippen LogP contribution in [-0.4, -0.2) is 30.8 Å². The normalized spacial score (nSPS) is 12.9. The molecule has 2 N–H and O–H groups in total. The van der Waals surface area contributed by atoms with E-state index < -0.39 is 12.8 Å². The Morgan fingerprint density at radius 1 is 1.07 bits per heavy atom. The van der Waals surface area contributed by atoms with Gasteiger partial charge in [-0.2, -0.15) is 13.2 Å². The molecular formula is C20H27F3N4O2. The predicted octanol–water partition coefficient (Wildman–Crippen LogP) is 3.92. The van der Waals surface area contributed by atoms with Crippen LogP contribution in [0.4, 0.5) is 13.2 Å². The zero-order valence-corrected chi connectivity index (χ0v) is 17.1. The first-order chi connectivity index (χ1) is 13.6. The number of nitrogens with one attached hydrogen (secondary N) is 2. The number of hydrogen-bond donors (Lipinski definition) is 2. The van der Waals surface area contributed by atoms with E-state index >= 15 is 0 Å². The molecule has 0 amide bonds. The number of aliphatic imine (C=N–C) groups is 1. The maximum Gasteiger partial charge on any atom is 0.411 e. The van der Waals surface area contributed by atoms with Crippen molar-refractivity contribution in [1.29, 1.82) is 0 Å². The van der Waals surface area contributed by atoms with Crippen molar-refractivity contribution in [1.82, 2.24) is 15.6 Å². The average Bonchev–Trinajstić information content (AvgIpc) is 3.11. The Balaban J connectivity index is 1.78. The lowest BCUT2D eigenvalue weighted by atomic mass is 9.94. The van der Waals surface area contributed by atoms with E-state index in [9.17, 15) is 13.2 Å². The maximum absolute atomic E-state index is 12.1. The Hall–Kier alpha value is -2.55. The Labute approximate surface area is 168 Å². The van der Waals surface area contributed by atoms with Gasteiger partial charge in [-0.15, -0.1) is 0 Å². The number of nitrogens with zero attached hydrogens (tertiary/aromatic N) is 2. The summed E-state index contributed by atoms with van der Waals surface area (Å²) in [5.74, 6) is 1.97. The molecule has 1 heterocycles. The molecule has 2 rings (SSSR count). The third-order valence-corrected chi connectivity index (χ3v) is 3.94. The van der Waals surface area contributed by atoms with E-state index in [1.54, 1.807) is 25.4 Å². The van der Waals surface area contributed by atoms with Crippen molar-refractivity contribution < 1.29 is 22.3 Å². The second-order valence-electron chi connectivity index (χ2n) is 7.57. The molecule has 2 aromatic rings. The number of guanidine groups is 1. The van der Waals surface area contributed by atoms with Gasteiger partial charge in [-0.3, -0.25) is 4.99 Å². The number of halogens is 3. The lowest BCUT2D eigenvalue weighted by Gasteiger charge is -2.13. The smallest absolute Gasteiger partial charge is 0.411 e. The molecule has 0 radical (unpaired) electrons. The van der Waals surface area contributed by atoms with Crippen LogP contribution in [0.15, 0.2) is 39.9 Å². The van der Waals surface area contributed by atoms with Gasteiger partial charge in [0.15, 0.2) is 5.96 Å². The van der Waals surface area contributed by atoms with Crippen molar-refractivity contribution >= 4 is 5.96 Å². The summed E-state index contributed by atoms with van der Waals surface area (Å²) in [5.41, 5.74) is 1.53. The van der Waals surface area contributed by atoms with Crippen LogP contribution in [0.1, 0.15) is 43.5 Å². The van der Waals surface area contributed by atoms with Crippen molar-refractivity contribution in [2.24, 2.45) is 4.99 Å². The molecule has 6 nitrogen and oxygen atoms in total. The summed E-state index contributed by atoms with van der Waals surface area (Å²) >= 11 is 0. The first-order valence-corrected chi connectivity index (χ1v) is 9.19. The minimum Gasteiger partial charge on any atom is -0.443 e. The van der Waals surface area contributed by atoms with Crippen LogP contribution in [0.2, 0.25) is 0 Å². The first kappa shape index (κ1) is 22.7. The van der Waals surface area contributed by atoms with Crippen LogP contribution in [0.3, 0.4) is 0 Å². The number of alkyl halides is 3. The van der Waals surface area contributed by atoms with Gasteiger partial charge < -0.3 is 19.8 Å². The van der Waals surface area contributed by atoms with E-state index in [4.69, 9.17) is 4.42 Å². The molecule has 0 bridgehead atoms. The van der Waals surface area contributed by atoms with Crippen LogP contribution in [-0.2, 0) is 29.8 Å². The molecule has 29 heavy (non-hydrogen) atoms. The highest BCUT2D eigenvalue weighted by Gasteiger charge is 2.27. The van der Waals surface area contributed by atoms with E-state index in [1.165, 1.54) is 0 Å². The minimum absolute atomic E-state index is 0.0802. The summed E-state index contributed by atoms with van der Waals surface area (Å²) < 4.78 is 46.7. The minimum atomic E-state index is -4.31. The third-order valence-electron chi connectivity index (χ3n) is 3.94. The molecule has 0 saturated carbocycles. The second-order valence-corrected chi connectivity index (χ2v) is 7.57. The van der Waals surface area contributed by atoms with E-state index in [0.29, 0.717) is 30.5 Å². The Bertz CT molecular complexity index is 793. The molecule has 0 aliphatic carbocycles. The van der Waals surface area contributed by atoms with E-state index in [-0.39, 0.29) is 12.0 Å². The average molecular weight is 412 g/mol. The summed E-state index contributed by atoms with van der Waals surface area (Å²) in [6.07, 6.45) is -2.58. The largest absolute Gasteiger partial charge is 0.443 e. The molecule has 9 heteroatoms. The predicted molar refractivity (Wildman–Crippen MR) is 104 cm³/mol. The van der Waals surface area contributed by atoms with Crippen LogP contribution >= 0.6 is 0 Å². The summed E-state index contributed by atoms with van der Waals surface area (Å²) in [5, 5.41) is 6.30. The molecule has 0 spiro atoms. The fraction of sp³-hybridized carbons (Fsp3) is 0.500. The molecule has 1 aromatic carbocycles. The second kappa shape index (κ2) is 9.78. The zero-order valence-electron chi connectivity index (χ0n) is 17.1. The zero-order chi connectivity index (χ0) is 21.5. The molecule has 0 unspecified atom stereocenters. The van der Waals surface area contributed by atoms with Crippen molar-refractivity contribution in [3.63, 3.8) is 0 Å². The number of aromatic nitrogens is 1. The fourth-order valence-corrected chi connectivity index (χ4v) is 2.34. The van der Waals surface area contributed by atoms with Gasteiger partial charge in [-0.05, 0) is 11.1 Å². The highest BCUT2D eigenvalue weighted by Crippen LogP contribution is 2.22. The SMILES string of the molecule is CN=C(NCc1ccc(COCC(F)(F)F)cc1)NCc1ncc(C(C)(C)C)o1. The quantitative estimate of drug-likeness (QED) is 0.533. The third kappa shape index (κ3) is 8.15. The number of rotatable bonds is 7. The molecule has 0 aliphatic rings. The van der Waals surface area contributed by atoms with Crippen LogP contribution in [0, 0.1) is 0 Å². The molecule has 160 valence electrons. The van der Waals surface area contributed by atoms with Gasteiger partial charge in [0.25, 0.3) is 0 Å². The molecular weight excluding hydrogens is 385 g/mol. The topological polar surface area (TPSA) is 71.7 Å². The monoisotopic (exact) mass is 412 g/mol. The Morgan fingerprint density at radius 2 is 1.69 bits per heavy atom. The van der Waals surface area contributed by atoms with Gasteiger partial charge in [-0.1, -0.05) is 45.0 Å². The summed E-state index contributed by atoms with van der Waals surface area (Å²) in [7, 11) is 1.66. The summed E-state index contributed by atoms with van der Waals surface area (Å²) in [4.78, 5) is 8.42. The number of ether oxygens (including phenoxy) is 1. The van der Waals surface area contributed by atoms with Gasteiger partial charge in [0.05, 0.1) is 19.3 Å². The highest BCUT2D eigenvalue weighted by atomic mass is 19.4. The molecule has 0 saturated heterocycles. The van der Waals surface area contributed by atoms with Gasteiger partial charge >= 0.3 is 6.18 Å². The van der Waals surface area contributed by atoms with Gasteiger partial charge in [0.2, 0.25) is 5.89 Å². The standard InChI is InChI=1S/C20H27F3N4O2/c1-19(2,3)16-10-25-17(29-16)11-27-18(24-4)26-9-14-5-7-15(8-6-14)12-28-13-20(21,22)23/h5-8,10H,9,11-13H2,1-4H3,(H2,24,26,27). The molecule has 1 aromatic heterocycles. The summed E-state index contributed by atoms with van der Waals surface area (Å²) in [6.45, 7) is 5.73. The molecule has 0 aliphatic heterocycles. The molecule has 0 fully saturated rings. The fourth-order valence-electron chi connectivity index (χ4n) is 2.34. The molecule has 0 atom stereocenters. The van der Waals surface area contributed by atoms with Crippen LogP contribution in [0.25, 0.3) is 0 Å². The first-order valence-electron chi connectivity index (χ1n) is 9.19. The van der Waals surface area contributed by atoms with Crippen molar-refractivity contribution in [3.8, 4) is 0 Å². The number of oxazole rings is 1. The van der Waals surface area contributed by atoms with E-state index in [0.717, 1.165) is 11.3 Å². The van der Waals surface area contributed by atoms with Crippen LogP contribution < -0.4 is 10.6 Å². The highest BCUT2D eigenvalue weighted by molar-refractivity contribution is 5.79. The lowest BCUT2D eigenvalue weighted by molar-refractivity contribution is -0.176. The van der Waals surface area contributed by atoms with Crippen LogP contribution in [0.5, 0.6) is 0 Å². The van der Waals surface area contributed by atoms with Gasteiger partial charge in [0, 0.05) is 19.0 Å². The van der Waals surface area contributed by atoms with Gasteiger partial charge in [-0.25, -0.2) is 4.98 Å². The van der Waals surface area contributed by atoms with Crippen molar-refractivity contribution in [2.75, 3.05) is 13.7 Å². The van der Waals surface area contributed by atoms with E-state index in [2.05, 4.69) is 46.1 Å². The number of benzene rings is 1.